The monoisotopic (exact) mass is 182 g/mol. The van der Waals surface area contributed by atoms with Crippen molar-refractivity contribution >= 4 is 5.97 Å². The van der Waals surface area contributed by atoms with Crippen LogP contribution >= 0.6 is 0 Å². The minimum atomic E-state index is -0.816. The second-order valence-corrected chi connectivity index (χ2v) is 3.59. The third-order valence-electron chi connectivity index (χ3n) is 1.67. The Morgan fingerprint density at radius 3 is 2.85 bits per heavy atom. The first-order chi connectivity index (χ1) is 5.99. The number of aliphatic hydroxyl groups is 1. The minimum Gasteiger partial charge on any atom is -0.458 e. The number of allylic oxidation sites excluding steroid dienone is 1. The summed E-state index contributed by atoms with van der Waals surface area (Å²) in [4.78, 5) is 10.9. The average Bonchev–Trinajstić information content (AvgIpc) is 2.34. The van der Waals surface area contributed by atoms with Gasteiger partial charge in [-0.15, -0.1) is 0 Å². The molecule has 0 saturated carbocycles. The Morgan fingerprint density at radius 2 is 2.38 bits per heavy atom. The summed E-state index contributed by atoms with van der Waals surface area (Å²) in [6, 6.07) is 0. The number of cyclic esters (lactones) is 1. The molecule has 72 valence electrons. The molecule has 0 aromatic heterocycles. The Morgan fingerprint density at radius 1 is 1.69 bits per heavy atom. The van der Waals surface area contributed by atoms with Crippen LogP contribution in [0, 0.1) is 0 Å². The molecule has 1 N–H and O–H groups in total. The van der Waals surface area contributed by atoms with Gasteiger partial charge in [0.1, 0.15) is 6.61 Å². The van der Waals surface area contributed by atoms with Crippen molar-refractivity contribution in [1.82, 2.24) is 0 Å². The first-order valence-electron chi connectivity index (χ1n) is 4.25. The first kappa shape index (κ1) is 9.99. The van der Waals surface area contributed by atoms with Crippen LogP contribution in [-0.4, -0.2) is 23.3 Å². The van der Waals surface area contributed by atoms with E-state index in [1.54, 1.807) is 32.1 Å². The summed E-state index contributed by atoms with van der Waals surface area (Å²) in [7, 11) is 0. The predicted octanol–water partition coefficient (Wildman–Crippen LogP) is 1.19. The van der Waals surface area contributed by atoms with E-state index in [1.807, 2.05) is 0 Å². The molecule has 0 bridgehead atoms. The van der Waals surface area contributed by atoms with Crippen molar-refractivity contribution in [2.45, 2.75) is 25.9 Å². The summed E-state index contributed by atoms with van der Waals surface area (Å²) in [5.74, 6) is -0.250. The molecular formula is C10H14O3. The molecule has 0 aliphatic carbocycles. The maximum Gasteiger partial charge on any atom is 0.334 e. The van der Waals surface area contributed by atoms with Gasteiger partial charge in [-0.1, -0.05) is 12.2 Å². The quantitative estimate of drug-likeness (QED) is 0.526. The van der Waals surface area contributed by atoms with Crippen molar-refractivity contribution in [1.29, 1.82) is 0 Å². The van der Waals surface area contributed by atoms with E-state index in [2.05, 4.69) is 0 Å². The summed E-state index contributed by atoms with van der Waals surface area (Å²) in [6.45, 7) is 3.75. The number of carbonyl (C=O) groups excluding carboxylic acids is 1. The summed E-state index contributed by atoms with van der Waals surface area (Å²) in [5, 5.41) is 9.34. The van der Waals surface area contributed by atoms with Gasteiger partial charge in [-0.25, -0.2) is 4.79 Å². The van der Waals surface area contributed by atoms with Crippen LogP contribution < -0.4 is 0 Å². The van der Waals surface area contributed by atoms with Gasteiger partial charge in [0.15, 0.2) is 0 Å². The van der Waals surface area contributed by atoms with Crippen LogP contribution in [0.1, 0.15) is 20.3 Å². The van der Waals surface area contributed by atoms with Crippen molar-refractivity contribution in [3.63, 3.8) is 0 Å². The van der Waals surface area contributed by atoms with Gasteiger partial charge in [-0.3, -0.25) is 0 Å². The molecule has 0 saturated heterocycles. The van der Waals surface area contributed by atoms with Crippen LogP contribution in [0.15, 0.2) is 23.8 Å². The molecule has 3 nitrogen and oxygen atoms in total. The third kappa shape index (κ3) is 3.42. The highest BCUT2D eigenvalue weighted by atomic mass is 16.5. The predicted molar refractivity (Wildman–Crippen MR) is 49.1 cm³/mol. The molecule has 1 rings (SSSR count). The second-order valence-electron chi connectivity index (χ2n) is 3.59. The third-order valence-corrected chi connectivity index (χ3v) is 1.67. The molecular weight excluding hydrogens is 168 g/mol. The highest BCUT2D eigenvalue weighted by Gasteiger charge is 2.15. The van der Waals surface area contributed by atoms with Crippen LogP contribution in [0.4, 0.5) is 0 Å². The lowest BCUT2D eigenvalue weighted by molar-refractivity contribution is -0.136. The van der Waals surface area contributed by atoms with Gasteiger partial charge < -0.3 is 9.84 Å². The Balaban J connectivity index is 2.43. The van der Waals surface area contributed by atoms with Crippen LogP contribution in [0.3, 0.4) is 0 Å². The zero-order valence-electron chi connectivity index (χ0n) is 7.91. The van der Waals surface area contributed by atoms with Crippen molar-refractivity contribution in [2.75, 3.05) is 6.61 Å². The lowest BCUT2D eigenvalue weighted by Gasteiger charge is -2.09. The fraction of sp³-hybridized carbons (Fsp3) is 0.500. The van der Waals surface area contributed by atoms with Crippen molar-refractivity contribution in [3.05, 3.63) is 23.8 Å². The normalized spacial score (nSPS) is 17.8. The largest absolute Gasteiger partial charge is 0.458 e. The van der Waals surface area contributed by atoms with E-state index in [0.717, 1.165) is 0 Å². The molecule has 0 unspecified atom stereocenters. The first-order valence-corrected chi connectivity index (χ1v) is 4.25. The highest BCUT2D eigenvalue weighted by Crippen LogP contribution is 2.12. The van der Waals surface area contributed by atoms with E-state index in [-0.39, 0.29) is 5.97 Å². The molecule has 13 heavy (non-hydrogen) atoms. The molecule has 3 heteroatoms. The molecule has 1 heterocycles. The fourth-order valence-electron chi connectivity index (χ4n) is 1.03. The van der Waals surface area contributed by atoms with Crippen molar-refractivity contribution < 1.29 is 14.6 Å². The van der Waals surface area contributed by atoms with Crippen LogP contribution in [0.5, 0.6) is 0 Å². The van der Waals surface area contributed by atoms with Gasteiger partial charge in [0, 0.05) is 5.57 Å². The van der Waals surface area contributed by atoms with E-state index in [1.165, 1.54) is 0 Å². The SMILES string of the molecule is CC(C)(O)/C=C/CC1=CCOC1=O. The van der Waals surface area contributed by atoms with E-state index in [4.69, 9.17) is 4.74 Å². The smallest absolute Gasteiger partial charge is 0.334 e. The average molecular weight is 182 g/mol. The number of carbonyl (C=O) groups is 1. The zero-order chi connectivity index (χ0) is 9.90. The number of hydrogen-bond acceptors (Lipinski definition) is 3. The topological polar surface area (TPSA) is 46.5 Å². The number of esters is 1. The van der Waals surface area contributed by atoms with Gasteiger partial charge >= 0.3 is 5.97 Å². The molecule has 0 aromatic rings. The zero-order valence-corrected chi connectivity index (χ0v) is 7.91. The second kappa shape index (κ2) is 3.75. The molecule has 1 aliphatic rings. The molecule has 0 spiro atoms. The van der Waals surface area contributed by atoms with Gasteiger partial charge in [-0.05, 0) is 26.3 Å². The van der Waals surface area contributed by atoms with Crippen molar-refractivity contribution in [2.24, 2.45) is 0 Å². The lowest BCUT2D eigenvalue weighted by Crippen LogP contribution is -2.13. The van der Waals surface area contributed by atoms with E-state index < -0.39 is 5.60 Å². The molecule has 0 amide bonds. The van der Waals surface area contributed by atoms with E-state index in [9.17, 15) is 9.90 Å². The number of hydrogen-bond donors (Lipinski definition) is 1. The molecule has 1 aliphatic heterocycles. The van der Waals surface area contributed by atoms with Gasteiger partial charge in [0.05, 0.1) is 5.60 Å². The van der Waals surface area contributed by atoms with Gasteiger partial charge in [-0.2, -0.15) is 0 Å². The Bertz CT molecular complexity index is 256. The summed E-state index contributed by atoms with van der Waals surface area (Å²) >= 11 is 0. The summed E-state index contributed by atoms with van der Waals surface area (Å²) < 4.78 is 4.72. The standard InChI is InChI=1S/C10H14O3/c1-10(2,12)6-3-4-8-5-7-13-9(8)11/h3,5-6,12H,4,7H2,1-2H3/b6-3+. The van der Waals surface area contributed by atoms with Crippen LogP contribution in [0.25, 0.3) is 0 Å². The molecule has 0 radical (unpaired) electrons. The molecule has 0 atom stereocenters. The van der Waals surface area contributed by atoms with Crippen molar-refractivity contribution in [3.8, 4) is 0 Å². The lowest BCUT2D eigenvalue weighted by atomic mass is 10.1. The Labute approximate surface area is 77.7 Å². The van der Waals surface area contributed by atoms with E-state index in [0.29, 0.717) is 18.6 Å². The van der Waals surface area contributed by atoms with Crippen LogP contribution in [0.2, 0.25) is 0 Å². The maximum atomic E-state index is 10.9. The minimum absolute atomic E-state index is 0.250. The maximum absolute atomic E-state index is 10.9. The Hall–Kier alpha value is -1.09. The highest BCUT2D eigenvalue weighted by molar-refractivity contribution is 5.90. The molecule has 0 aromatic carbocycles. The van der Waals surface area contributed by atoms with Crippen LogP contribution in [-0.2, 0) is 9.53 Å². The number of rotatable bonds is 3. The molecule has 0 fully saturated rings. The summed E-state index contributed by atoms with van der Waals surface area (Å²) in [6.07, 6.45) is 5.73. The Kier molecular flexibility index (Phi) is 2.88. The summed E-state index contributed by atoms with van der Waals surface area (Å²) in [5.41, 5.74) is -0.149. The van der Waals surface area contributed by atoms with Gasteiger partial charge in [0.25, 0.3) is 0 Å². The number of ether oxygens (including phenoxy) is 1. The van der Waals surface area contributed by atoms with Gasteiger partial charge in [0.2, 0.25) is 0 Å². The fourth-order valence-corrected chi connectivity index (χ4v) is 1.03. The van der Waals surface area contributed by atoms with E-state index >= 15 is 0 Å².